The molecule has 0 bridgehead atoms. The number of nitrogens with two attached hydrogens (primary N) is 1. The van der Waals surface area contributed by atoms with Gasteiger partial charge in [-0.15, -0.1) is 0 Å². The van der Waals surface area contributed by atoms with Gasteiger partial charge in [0.25, 0.3) is 5.91 Å². The van der Waals surface area contributed by atoms with Crippen molar-refractivity contribution < 1.29 is 14.0 Å². The number of primary amides is 1. The normalized spacial score (nSPS) is 11.5. The number of hydrogen-bond acceptors (Lipinski definition) is 3. The van der Waals surface area contributed by atoms with Crippen molar-refractivity contribution in [1.82, 2.24) is 16.2 Å². The Kier molecular flexibility index (Phi) is 6.51. The Hall–Kier alpha value is -2.42. The van der Waals surface area contributed by atoms with Gasteiger partial charge in [-0.1, -0.05) is 26.0 Å². The van der Waals surface area contributed by atoms with Crippen LogP contribution in [0.25, 0.3) is 0 Å². The molecule has 1 atom stereocenters. The summed E-state index contributed by atoms with van der Waals surface area (Å²) in [7, 11) is 0. The summed E-state index contributed by atoms with van der Waals surface area (Å²) in [4.78, 5) is 22.8. The molecular formula is C13H18FN5O2S. The predicted octanol–water partition coefficient (Wildman–Crippen LogP) is 0.836. The second-order valence-electron chi connectivity index (χ2n) is 4.78. The Morgan fingerprint density at radius 3 is 2.41 bits per heavy atom. The van der Waals surface area contributed by atoms with Crippen molar-refractivity contribution in [3.8, 4) is 0 Å². The van der Waals surface area contributed by atoms with Gasteiger partial charge in [0, 0.05) is 0 Å². The average molecular weight is 327 g/mol. The van der Waals surface area contributed by atoms with E-state index in [2.05, 4.69) is 21.5 Å². The predicted molar refractivity (Wildman–Crippen MR) is 85.2 cm³/mol. The highest BCUT2D eigenvalue weighted by Crippen LogP contribution is 2.11. The van der Waals surface area contributed by atoms with E-state index in [9.17, 15) is 14.0 Å². The van der Waals surface area contributed by atoms with Gasteiger partial charge in [0.15, 0.2) is 5.11 Å². The van der Waals surface area contributed by atoms with Crippen LogP contribution in [0.5, 0.6) is 0 Å². The van der Waals surface area contributed by atoms with Gasteiger partial charge in [0.05, 0.1) is 5.69 Å². The molecule has 0 unspecified atom stereocenters. The van der Waals surface area contributed by atoms with Crippen LogP contribution in [0.1, 0.15) is 13.8 Å². The molecule has 1 aromatic rings. The second kappa shape index (κ2) is 8.13. The lowest BCUT2D eigenvalue weighted by molar-refractivity contribution is -0.124. The molecule has 22 heavy (non-hydrogen) atoms. The van der Waals surface area contributed by atoms with E-state index in [1.807, 2.05) is 0 Å². The third-order valence-electron chi connectivity index (χ3n) is 2.67. The fraction of sp³-hybridized carbons (Fsp3) is 0.308. The Labute approximate surface area is 132 Å². The van der Waals surface area contributed by atoms with Gasteiger partial charge in [0.1, 0.15) is 11.9 Å². The molecule has 1 aromatic carbocycles. The number of rotatable bonds is 4. The fourth-order valence-corrected chi connectivity index (χ4v) is 1.76. The van der Waals surface area contributed by atoms with Crippen molar-refractivity contribution in [3.63, 3.8) is 0 Å². The SMILES string of the molecule is CC(C)[C@H](NC(N)=O)C(=O)NNC(=S)Nc1ccccc1F. The van der Waals surface area contributed by atoms with Gasteiger partial charge >= 0.3 is 6.03 Å². The second-order valence-corrected chi connectivity index (χ2v) is 5.19. The number of anilines is 1. The van der Waals surface area contributed by atoms with Crippen molar-refractivity contribution in [2.75, 3.05) is 5.32 Å². The zero-order chi connectivity index (χ0) is 16.7. The molecule has 9 heteroatoms. The summed E-state index contributed by atoms with van der Waals surface area (Å²) in [6, 6.07) is 4.33. The number of halogens is 1. The number of carbonyl (C=O) groups is 2. The molecule has 0 saturated heterocycles. The maximum atomic E-state index is 13.4. The van der Waals surface area contributed by atoms with Crippen molar-refractivity contribution in [1.29, 1.82) is 0 Å². The van der Waals surface area contributed by atoms with Crippen molar-refractivity contribution >= 4 is 35.0 Å². The minimum atomic E-state index is -0.818. The third kappa shape index (κ3) is 5.52. The average Bonchev–Trinajstić information content (AvgIpc) is 2.44. The first-order valence-corrected chi connectivity index (χ1v) is 6.89. The number of hydrogen-bond donors (Lipinski definition) is 5. The molecule has 0 aromatic heterocycles. The van der Waals surface area contributed by atoms with Crippen molar-refractivity contribution in [2.24, 2.45) is 11.7 Å². The van der Waals surface area contributed by atoms with Crippen LogP contribution in [0.2, 0.25) is 0 Å². The maximum absolute atomic E-state index is 13.4. The third-order valence-corrected chi connectivity index (χ3v) is 2.87. The quantitative estimate of drug-likeness (QED) is 0.416. The van der Waals surface area contributed by atoms with Gasteiger partial charge in [-0.3, -0.25) is 15.6 Å². The fourth-order valence-electron chi connectivity index (χ4n) is 1.60. The van der Waals surface area contributed by atoms with Gasteiger partial charge in [0.2, 0.25) is 0 Å². The van der Waals surface area contributed by atoms with Gasteiger partial charge < -0.3 is 16.4 Å². The van der Waals surface area contributed by atoms with Gasteiger partial charge in [-0.05, 0) is 30.3 Å². The highest BCUT2D eigenvalue weighted by atomic mass is 32.1. The number of carbonyl (C=O) groups excluding carboxylic acids is 2. The van der Waals surface area contributed by atoms with Crippen LogP contribution in [-0.4, -0.2) is 23.1 Å². The first-order chi connectivity index (χ1) is 10.3. The number of hydrazine groups is 1. The molecule has 0 aliphatic rings. The summed E-state index contributed by atoms with van der Waals surface area (Å²) >= 11 is 4.94. The number of benzene rings is 1. The number of para-hydroxylation sites is 1. The van der Waals surface area contributed by atoms with E-state index in [0.717, 1.165) is 0 Å². The number of urea groups is 1. The molecule has 0 radical (unpaired) electrons. The topological polar surface area (TPSA) is 108 Å². The molecule has 6 N–H and O–H groups in total. The lowest BCUT2D eigenvalue weighted by Crippen LogP contribution is -2.55. The van der Waals surface area contributed by atoms with Crippen LogP contribution in [0.4, 0.5) is 14.9 Å². The van der Waals surface area contributed by atoms with Gasteiger partial charge in [-0.25, -0.2) is 9.18 Å². The molecular weight excluding hydrogens is 309 g/mol. The zero-order valence-electron chi connectivity index (χ0n) is 12.1. The Morgan fingerprint density at radius 1 is 1.23 bits per heavy atom. The maximum Gasteiger partial charge on any atom is 0.312 e. The number of thiocarbonyl (C=S) groups is 1. The summed E-state index contributed by atoms with van der Waals surface area (Å²) in [5.41, 5.74) is 9.94. The van der Waals surface area contributed by atoms with E-state index in [4.69, 9.17) is 18.0 Å². The number of nitrogens with one attached hydrogen (secondary N) is 4. The molecule has 0 heterocycles. The van der Waals surface area contributed by atoms with E-state index >= 15 is 0 Å². The van der Waals surface area contributed by atoms with Crippen LogP contribution >= 0.6 is 12.2 Å². The summed E-state index contributed by atoms with van der Waals surface area (Å²) < 4.78 is 13.4. The molecule has 0 aliphatic carbocycles. The summed E-state index contributed by atoms with van der Waals surface area (Å²) in [6.07, 6.45) is 0. The van der Waals surface area contributed by atoms with E-state index in [1.165, 1.54) is 12.1 Å². The first kappa shape index (κ1) is 17.6. The summed E-state index contributed by atoms with van der Waals surface area (Å²) in [5, 5.41) is 4.92. The Bertz CT molecular complexity index is 567. The largest absolute Gasteiger partial charge is 0.352 e. The molecule has 7 nitrogen and oxygen atoms in total. The molecule has 0 spiro atoms. The molecule has 0 fully saturated rings. The van der Waals surface area contributed by atoms with E-state index in [1.54, 1.807) is 26.0 Å². The molecule has 0 saturated carbocycles. The monoisotopic (exact) mass is 327 g/mol. The molecule has 120 valence electrons. The van der Waals surface area contributed by atoms with Crippen molar-refractivity contribution in [2.45, 2.75) is 19.9 Å². The minimum Gasteiger partial charge on any atom is -0.352 e. The molecule has 1 rings (SSSR count). The summed E-state index contributed by atoms with van der Waals surface area (Å²) in [6.45, 7) is 3.49. The van der Waals surface area contributed by atoms with Crippen LogP contribution in [0.15, 0.2) is 24.3 Å². The lowest BCUT2D eigenvalue weighted by atomic mass is 10.0. The first-order valence-electron chi connectivity index (χ1n) is 6.48. The van der Waals surface area contributed by atoms with Gasteiger partial charge in [-0.2, -0.15) is 0 Å². The Balaban J connectivity index is 2.53. The van der Waals surface area contributed by atoms with E-state index in [0.29, 0.717) is 0 Å². The van der Waals surface area contributed by atoms with Crippen LogP contribution in [-0.2, 0) is 4.79 Å². The molecule has 3 amide bonds. The van der Waals surface area contributed by atoms with E-state index < -0.39 is 23.8 Å². The minimum absolute atomic E-state index is 0.0000288. The summed E-state index contributed by atoms with van der Waals surface area (Å²) in [5.74, 6) is -1.18. The van der Waals surface area contributed by atoms with Crippen LogP contribution < -0.4 is 27.2 Å². The Morgan fingerprint density at radius 2 is 1.86 bits per heavy atom. The highest BCUT2D eigenvalue weighted by molar-refractivity contribution is 7.80. The highest BCUT2D eigenvalue weighted by Gasteiger charge is 2.23. The number of amides is 3. The van der Waals surface area contributed by atoms with E-state index in [-0.39, 0.29) is 16.7 Å². The van der Waals surface area contributed by atoms with Crippen molar-refractivity contribution in [3.05, 3.63) is 30.1 Å². The standard InChI is InChI=1S/C13H18FN5O2S/c1-7(2)10(17-12(15)21)11(20)18-19-13(22)16-9-6-4-3-5-8(9)14/h3-7,10H,1-2H3,(H,18,20)(H3,15,17,21)(H2,16,19,22)/t10-/m0/s1. The van der Waals surface area contributed by atoms with Crippen LogP contribution in [0, 0.1) is 11.7 Å². The smallest absolute Gasteiger partial charge is 0.312 e. The zero-order valence-corrected chi connectivity index (χ0v) is 13.0. The molecule has 0 aliphatic heterocycles. The van der Waals surface area contributed by atoms with Crippen LogP contribution in [0.3, 0.4) is 0 Å². The lowest BCUT2D eigenvalue weighted by Gasteiger charge is -2.21.